The Morgan fingerprint density at radius 1 is 1.24 bits per heavy atom. The summed E-state index contributed by atoms with van der Waals surface area (Å²) in [6.45, 7) is 2.14. The fraction of sp³-hybridized carbons (Fsp3) is 0.357. The smallest absolute Gasteiger partial charge is 0.405 e. The molecule has 17 heavy (non-hydrogen) atoms. The van der Waals surface area contributed by atoms with Crippen molar-refractivity contribution in [2.75, 3.05) is 7.11 Å². The Labute approximate surface area is 101 Å². The second-order valence-corrected chi connectivity index (χ2v) is 4.04. The maximum atomic E-state index is 9.79. The van der Waals surface area contributed by atoms with Crippen molar-refractivity contribution in [2.45, 2.75) is 26.2 Å². The Morgan fingerprint density at radius 2 is 2.06 bits per heavy atom. The molecule has 0 spiro atoms. The Bertz CT molecular complexity index is 520. The summed E-state index contributed by atoms with van der Waals surface area (Å²) in [5.74, 6) is 1.76. The average molecular weight is 233 g/mol. The van der Waals surface area contributed by atoms with Gasteiger partial charge in [-0.15, -0.1) is 0 Å². The van der Waals surface area contributed by atoms with Crippen molar-refractivity contribution < 1.29 is 14.3 Å². The molecule has 3 nitrogen and oxygen atoms in total. The van der Waals surface area contributed by atoms with Crippen LogP contribution in [0, 0.1) is 0 Å². The standard InChI is InChI=1S/C14H16O3/c1-3-4-5-10-6-7-11-13(16-2)9-8-12(15)14(11)17-10/h6-9H,3-5H2,1-2H3/p+1. The molecule has 1 heterocycles. The largest absolute Gasteiger partial charge is 0.500 e. The van der Waals surface area contributed by atoms with E-state index in [4.69, 9.17) is 9.15 Å². The SMILES string of the molecule is CCCCc1ccc2c(OC)ccc(O)c2[o+]1. The summed E-state index contributed by atoms with van der Waals surface area (Å²) in [4.78, 5) is 0. The van der Waals surface area contributed by atoms with Gasteiger partial charge in [0.25, 0.3) is 0 Å². The van der Waals surface area contributed by atoms with Crippen LogP contribution in [0.25, 0.3) is 11.0 Å². The summed E-state index contributed by atoms with van der Waals surface area (Å²) >= 11 is 0. The number of aryl methyl sites for hydroxylation is 1. The zero-order valence-electron chi connectivity index (χ0n) is 10.2. The zero-order chi connectivity index (χ0) is 12.3. The lowest BCUT2D eigenvalue weighted by Crippen LogP contribution is -1.88. The average Bonchev–Trinajstić information content (AvgIpc) is 2.37. The Hall–Kier alpha value is -1.77. The van der Waals surface area contributed by atoms with Crippen molar-refractivity contribution in [3.8, 4) is 11.5 Å². The van der Waals surface area contributed by atoms with Crippen LogP contribution in [-0.2, 0) is 6.42 Å². The summed E-state index contributed by atoms with van der Waals surface area (Å²) in [7, 11) is 1.61. The van der Waals surface area contributed by atoms with Gasteiger partial charge in [0.05, 0.1) is 13.5 Å². The van der Waals surface area contributed by atoms with E-state index in [1.165, 1.54) is 0 Å². The lowest BCUT2D eigenvalue weighted by molar-refractivity contribution is 0.414. The molecule has 0 atom stereocenters. The van der Waals surface area contributed by atoms with Crippen LogP contribution in [0.1, 0.15) is 25.5 Å². The summed E-state index contributed by atoms with van der Waals surface area (Å²) in [6, 6.07) is 7.20. The molecule has 1 N–H and O–H groups in total. The first-order valence-electron chi connectivity index (χ1n) is 5.88. The third-order valence-corrected chi connectivity index (χ3v) is 2.80. The van der Waals surface area contributed by atoms with Gasteiger partial charge in [0.15, 0.2) is 0 Å². The van der Waals surface area contributed by atoms with Crippen molar-refractivity contribution in [2.24, 2.45) is 0 Å². The van der Waals surface area contributed by atoms with Crippen LogP contribution < -0.4 is 4.74 Å². The van der Waals surface area contributed by atoms with Crippen LogP contribution >= 0.6 is 0 Å². The van der Waals surface area contributed by atoms with Crippen LogP contribution in [0.3, 0.4) is 0 Å². The van der Waals surface area contributed by atoms with Crippen molar-refractivity contribution >= 4 is 11.0 Å². The van der Waals surface area contributed by atoms with E-state index in [0.29, 0.717) is 11.3 Å². The number of hydrogen-bond donors (Lipinski definition) is 1. The van der Waals surface area contributed by atoms with E-state index in [9.17, 15) is 5.11 Å². The molecule has 0 aliphatic carbocycles. The number of methoxy groups -OCH3 is 1. The van der Waals surface area contributed by atoms with E-state index >= 15 is 0 Å². The highest BCUT2D eigenvalue weighted by atomic mass is 16.5. The van der Waals surface area contributed by atoms with Crippen molar-refractivity contribution in [3.63, 3.8) is 0 Å². The minimum Gasteiger partial charge on any atom is -0.500 e. The van der Waals surface area contributed by atoms with E-state index in [2.05, 4.69) is 6.92 Å². The van der Waals surface area contributed by atoms with Crippen LogP contribution in [-0.4, -0.2) is 12.2 Å². The molecule has 1 aromatic carbocycles. The molecule has 0 amide bonds. The quantitative estimate of drug-likeness (QED) is 0.817. The van der Waals surface area contributed by atoms with Crippen molar-refractivity contribution in [1.82, 2.24) is 0 Å². The predicted molar refractivity (Wildman–Crippen MR) is 67.4 cm³/mol. The predicted octanol–water partition coefficient (Wildman–Crippen LogP) is 3.77. The van der Waals surface area contributed by atoms with Crippen LogP contribution in [0.4, 0.5) is 0 Å². The third-order valence-electron chi connectivity index (χ3n) is 2.80. The highest BCUT2D eigenvalue weighted by Gasteiger charge is 2.19. The molecule has 0 saturated heterocycles. The van der Waals surface area contributed by atoms with E-state index in [1.807, 2.05) is 12.1 Å². The van der Waals surface area contributed by atoms with Crippen molar-refractivity contribution in [1.29, 1.82) is 0 Å². The molecule has 0 fully saturated rings. The van der Waals surface area contributed by atoms with E-state index in [0.717, 1.165) is 30.4 Å². The van der Waals surface area contributed by atoms with Gasteiger partial charge in [-0.2, -0.15) is 0 Å². The van der Waals surface area contributed by atoms with Crippen molar-refractivity contribution in [3.05, 3.63) is 30.0 Å². The molecule has 1 aromatic heterocycles. The lowest BCUT2D eigenvalue weighted by Gasteiger charge is -2.01. The molecule has 2 aromatic rings. The van der Waals surface area contributed by atoms with Crippen LogP contribution in [0.5, 0.6) is 11.5 Å². The van der Waals surface area contributed by atoms with Gasteiger partial charge in [-0.1, -0.05) is 13.3 Å². The molecule has 0 aliphatic heterocycles. The summed E-state index contributed by atoms with van der Waals surface area (Å²) in [5.41, 5.74) is 0.498. The number of hydrogen-bond acceptors (Lipinski definition) is 2. The number of unbranched alkanes of at least 4 members (excludes halogenated alkanes) is 1. The van der Waals surface area contributed by atoms with Gasteiger partial charge in [-0.05, 0) is 24.6 Å². The fourth-order valence-electron chi connectivity index (χ4n) is 1.84. The summed E-state index contributed by atoms with van der Waals surface area (Å²) in [5, 5.41) is 10.6. The van der Waals surface area contributed by atoms with Crippen LogP contribution in [0.2, 0.25) is 0 Å². The van der Waals surface area contributed by atoms with E-state index < -0.39 is 0 Å². The van der Waals surface area contributed by atoms with E-state index in [1.54, 1.807) is 19.2 Å². The number of rotatable bonds is 4. The minimum atomic E-state index is 0.152. The highest BCUT2D eigenvalue weighted by molar-refractivity contribution is 5.88. The number of ether oxygens (including phenoxy) is 1. The Morgan fingerprint density at radius 3 is 2.76 bits per heavy atom. The normalized spacial score (nSPS) is 10.7. The van der Waals surface area contributed by atoms with Crippen LogP contribution in [0.15, 0.2) is 28.7 Å². The maximum absolute atomic E-state index is 9.79. The maximum Gasteiger partial charge on any atom is 0.405 e. The lowest BCUT2D eigenvalue weighted by atomic mass is 10.1. The Kier molecular flexibility index (Phi) is 3.47. The van der Waals surface area contributed by atoms with Gasteiger partial charge in [-0.25, -0.2) is 4.42 Å². The second kappa shape index (κ2) is 5.04. The van der Waals surface area contributed by atoms with Gasteiger partial charge in [0, 0.05) is 6.07 Å². The molecule has 0 saturated carbocycles. The third kappa shape index (κ3) is 2.33. The molecule has 90 valence electrons. The van der Waals surface area contributed by atoms with Gasteiger partial charge < -0.3 is 9.84 Å². The molecule has 0 aliphatic rings. The monoisotopic (exact) mass is 233 g/mol. The number of phenolic OH excluding ortho intramolecular Hbond substituents is 1. The second-order valence-electron chi connectivity index (χ2n) is 4.04. The molecule has 3 heteroatoms. The number of aromatic hydroxyl groups is 1. The topological polar surface area (TPSA) is 40.8 Å². The summed E-state index contributed by atoms with van der Waals surface area (Å²) in [6.07, 6.45) is 3.10. The number of phenols is 1. The fourth-order valence-corrected chi connectivity index (χ4v) is 1.84. The van der Waals surface area contributed by atoms with E-state index in [-0.39, 0.29) is 5.75 Å². The van der Waals surface area contributed by atoms with Gasteiger partial charge in [-0.3, -0.25) is 0 Å². The molecule has 0 bridgehead atoms. The zero-order valence-corrected chi connectivity index (χ0v) is 10.2. The molecular formula is C14H17O3+. The number of benzene rings is 1. The Balaban J connectivity index is 2.49. The van der Waals surface area contributed by atoms with Gasteiger partial charge in [0.2, 0.25) is 5.75 Å². The first-order chi connectivity index (χ1) is 8.26. The van der Waals surface area contributed by atoms with Gasteiger partial charge >= 0.3 is 11.3 Å². The minimum absolute atomic E-state index is 0.152. The summed E-state index contributed by atoms with van der Waals surface area (Å²) < 4.78 is 10.9. The van der Waals surface area contributed by atoms with Gasteiger partial charge in [0.1, 0.15) is 11.1 Å². The molecule has 0 radical (unpaired) electrons. The first kappa shape index (κ1) is 11.7. The highest BCUT2D eigenvalue weighted by Crippen LogP contribution is 2.33. The first-order valence-corrected chi connectivity index (χ1v) is 5.88. The number of fused-ring (bicyclic) bond motifs is 1. The molecule has 0 unspecified atom stereocenters. The molecule has 2 rings (SSSR count). The molecular weight excluding hydrogens is 216 g/mol.